The Labute approximate surface area is 148 Å². The summed E-state index contributed by atoms with van der Waals surface area (Å²) in [6.07, 6.45) is 0.308. The van der Waals surface area contributed by atoms with Crippen molar-refractivity contribution in [2.75, 3.05) is 6.61 Å². The highest BCUT2D eigenvalue weighted by atomic mass is 35.5. The summed E-state index contributed by atoms with van der Waals surface area (Å²) in [6.45, 7) is 0.103. The van der Waals surface area contributed by atoms with Gasteiger partial charge in [-0.25, -0.2) is 9.18 Å². The van der Waals surface area contributed by atoms with Crippen molar-refractivity contribution in [3.8, 4) is 0 Å². The lowest BCUT2D eigenvalue weighted by atomic mass is 9.78. The number of hydrogen-bond acceptors (Lipinski definition) is 4. The van der Waals surface area contributed by atoms with Crippen LogP contribution in [0.2, 0.25) is 10.0 Å². The standard InChI is InChI=1S/C16H12BCl2FO4/c18-13-2-1-3-14(19)10(13)4-5-23-16(21)11-7-12-9(6-15(11)20)8-24-17(12)22/h1-3,6-7,22H,4-5,8H2. The molecular weight excluding hydrogens is 357 g/mol. The first kappa shape index (κ1) is 17.2. The summed E-state index contributed by atoms with van der Waals surface area (Å²) in [5.74, 6) is -1.54. The van der Waals surface area contributed by atoms with Crippen LogP contribution in [0.3, 0.4) is 0 Å². The van der Waals surface area contributed by atoms with Gasteiger partial charge < -0.3 is 14.4 Å². The fourth-order valence-electron chi connectivity index (χ4n) is 2.50. The SMILES string of the molecule is O=C(OCCc1c(Cl)cccc1Cl)c1cc2c(cc1F)COB2O. The van der Waals surface area contributed by atoms with Crippen LogP contribution in [-0.4, -0.2) is 24.7 Å². The highest BCUT2D eigenvalue weighted by molar-refractivity contribution is 6.61. The molecule has 1 aliphatic rings. The molecule has 2 aromatic rings. The van der Waals surface area contributed by atoms with Crippen LogP contribution in [-0.2, 0) is 22.4 Å². The molecule has 0 fully saturated rings. The molecule has 2 aromatic carbocycles. The maximum Gasteiger partial charge on any atom is 0.491 e. The molecule has 0 bridgehead atoms. The van der Waals surface area contributed by atoms with Gasteiger partial charge in [0, 0.05) is 16.5 Å². The molecule has 1 N–H and O–H groups in total. The van der Waals surface area contributed by atoms with Crippen LogP contribution in [0.15, 0.2) is 30.3 Å². The molecule has 0 unspecified atom stereocenters. The third kappa shape index (κ3) is 3.42. The van der Waals surface area contributed by atoms with Gasteiger partial charge in [0.2, 0.25) is 0 Å². The Balaban J connectivity index is 1.69. The zero-order chi connectivity index (χ0) is 17.3. The molecule has 0 atom stereocenters. The second-order valence-corrected chi connectivity index (χ2v) is 6.09. The first-order valence-corrected chi connectivity index (χ1v) is 7.95. The summed E-state index contributed by atoms with van der Waals surface area (Å²) < 4.78 is 24.1. The van der Waals surface area contributed by atoms with E-state index in [0.717, 1.165) is 0 Å². The number of esters is 1. The maximum absolute atomic E-state index is 14.0. The lowest BCUT2D eigenvalue weighted by Crippen LogP contribution is -2.29. The van der Waals surface area contributed by atoms with Crippen LogP contribution < -0.4 is 5.46 Å². The Morgan fingerprint density at radius 2 is 2.04 bits per heavy atom. The van der Waals surface area contributed by atoms with Gasteiger partial charge in [0.25, 0.3) is 0 Å². The minimum absolute atomic E-state index is 0.00212. The van der Waals surface area contributed by atoms with E-state index in [1.807, 2.05) is 0 Å². The summed E-state index contributed by atoms with van der Waals surface area (Å²) in [6, 6.07) is 7.52. The minimum Gasteiger partial charge on any atom is -0.462 e. The van der Waals surface area contributed by atoms with Crippen molar-refractivity contribution in [3.63, 3.8) is 0 Å². The number of carbonyl (C=O) groups excluding carboxylic acids is 1. The van der Waals surface area contributed by atoms with Crippen molar-refractivity contribution in [2.45, 2.75) is 13.0 Å². The quantitative estimate of drug-likeness (QED) is 0.666. The van der Waals surface area contributed by atoms with Crippen LogP contribution in [0.5, 0.6) is 0 Å². The van der Waals surface area contributed by atoms with E-state index in [1.165, 1.54) is 12.1 Å². The first-order chi connectivity index (χ1) is 11.5. The van der Waals surface area contributed by atoms with Crippen molar-refractivity contribution < 1.29 is 23.6 Å². The van der Waals surface area contributed by atoms with E-state index in [9.17, 15) is 14.2 Å². The van der Waals surface area contributed by atoms with Crippen LogP contribution in [0.25, 0.3) is 0 Å². The molecule has 8 heteroatoms. The van der Waals surface area contributed by atoms with Gasteiger partial charge in [0.15, 0.2) is 0 Å². The van der Waals surface area contributed by atoms with E-state index >= 15 is 0 Å². The Kier molecular flexibility index (Phi) is 5.11. The summed E-state index contributed by atoms with van der Waals surface area (Å²) in [5.41, 5.74) is 1.30. The Morgan fingerprint density at radius 1 is 1.33 bits per heavy atom. The van der Waals surface area contributed by atoms with Gasteiger partial charge in [-0.15, -0.1) is 0 Å². The molecule has 0 spiro atoms. The maximum atomic E-state index is 14.0. The van der Waals surface area contributed by atoms with Crippen molar-refractivity contribution in [1.29, 1.82) is 0 Å². The zero-order valence-electron chi connectivity index (χ0n) is 12.4. The van der Waals surface area contributed by atoms with Gasteiger partial charge in [-0.3, -0.25) is 0 Å². The second kappa shape index (κ2) is 7.11. The molecule has 0 aliphatic carbocycles. The van der Waals surface area contributed by atoms with Crippen molar-refractivity contribution >= 4 is 41.8 Å². The third-order valence-corrected chi connectivity index (χ3v) is 4.47. The lowest BCUT2D eigenvalue weighted by Gasteiger charge is -2.09. The van der Waals surface area contributed by atoms with Crippen LogP contribution in [0, 0.1) is 5.82 Å². The number of ether oxygens (including phenoxy) is 1. The third-order valence-electron chi connectivity index (χ3n) is 3.76. The van der Waals surface area contributed by atoms with Gasteiger partial charge in [-0.1, -0.05) is 29.3 Å². The van der Waals surface area contributed by atoms with Gasteiger partial charge in [0.05, 0.1) is 18.8 Å². The molecule has 1 aliphatic heterocycles. The highest BCUT2D eigenvalue weighted by Crippen LogP contribution is 2.24. The number of carbonyl (C=O) groups is 1. The Bertz CT molecular complexity index is 780. The molecule has 3 rings (SSSR count). The summed E-state index contributed by atoms with van der Waals surface area (Å²) in [7, 11) is -1.16. The average Bonchev–Trinajstić information content (AvgIpc) is 2.89. The van der Waals surface area contributed by atoms with E-state index in [0.29, 0.717) is 33.1 Å². The van der Waals surface area contributed by atoms with E-state index in [2.05, 4.69) is 0 Å². The van der Waals surface area contributed by atoms with Gasteiger partial charge in [0.1, 0.15) is 5.82 Å². The molecule has 124 valence electrons. The molecule has 0 radical (unpaired) electrons. The predicted molar refractivity (Wildman–Crippen MR) is 89.2 cm³/mol. The fraction of sp³-hybridized carbons (Fsp3) is 0.188. The van der Waals surface area contributed by atoms with Crippen LogP contribution in [0.1, 0.15) is 21.5 Å². The van der Waals surface area contributed by atoms with Crippen molar-refractivity contribution in [2.24, 2.45) is 0 Å². The molecule has 4 nitrogen and oxygen atoms in total. The summed E-state index contributed by atoms with van der Waals surface area (Å²) >= 11 is 12.1. The highest BCUT2D eigenvalue weighted by Gasteiger charge is 2.30. The molecule has 0 aromatic heterocycles. The molecule has 1 heterocycles. The second-order valence-electron chi connectivity index (χ2n) is 5.28. The lowest BCUT2D eigenvalue weighted by molar-refractivity contribution is 0.0504. The number of halogens is 3. The monoisotopic (exact) mass is 368 g/mol. The summed E-state index contributed by atoms with van der Waals surface area (Å²) in [5, 5.41) is 10.6. The molecular formula is C16H12BCl2FO4. The Morgan fingerprint density at radius 3 is 2.75 bits per heavy atom. The number of rotatable bonds is 4. The Hall–Kier alpha value is -1.60. The molecule has 0 amide bonds. The normalized spacial score (nSPS) is 13.1. The van der Waals surface area contributed by atoms with Crippen molar-refractivity contribution in [1.82, 2.24) is 0 Å². The fourth-order valence-corrected chi connectivity index (χ4v) is 3.08. The van der Waals surface area contributed by atoms with E-state index in [1.54, 1.807) is 18.2 Å². The van der Waals surface area contributed by atoms with Crippen LogP contribution in [0.4, 0.5) is 4.39 Å². The summed E-state index contributed by atoms with van der Waals surface area (Å²) in [4.78, 5) is 12.1. The predicted octanol–water partition coefficient (Wildman–Crippen LogP) is 2.75. The minimum atomic E-state index is -1.16. The molecule has 0 saturated carbocycles. The molecule has 24 heavy (non-hydrogen) atoms. The van der Waals surface area contributed by atoms with Gasteiger partial charge in [-0.2, -0.15) is 0 Å². The van der Waals surface area contributed by atoms with E-state index in [-0.39, 0.29) is 18.8 Å². The number of benzene rings is 2. The zero-order valence-corrected chi connectivity index (χ0v) is 13.9. The average molecular weight is 369 g/mol. The van der Waals surface area contributed by atoms with Crippen LogP contribution >= 0.6 is 23.2 Å². The van der Waals surface area contributed by atoms with E-state index < -0.39 is 18.9 Å². The van der Waals surface area contributed by atoms with E-state index in [4.69, 9.17) is 32.6 Å². The number of hydrogen-bond donors (Lipinski definition) is 1. The largest absolute Gasteiger partial charge is 0.491 e. The topological polar surface area (TPSA) is 55.8 Å². The number of fused-ring (bicyclic) bond motifs is 1. The first-order valence-electron chi connectivity index (χ1n) is 7.19. The smallest absolute Gasteiger partial charge is 0.462 e. The van der Waals surface area contributed by atoms with Gasteiger partial charge >= 0.3 is 13.1 Å². The molecule has 0 saturated heterocycles. The van der Waals surface area contributed by atoms with Crippen molar-refractivity contribution in [3.05, 3.63) is 62.9 Å². The van der Waals surface area contributed by atoms with Gasteiger partial charge in [-0.05, 0) is 40.9 Å².